The summed E-state index contributed by atoms with van der Waals surface area (Å²) in [5.41, 5.74) is 1.85. The summed E-state index contributed by atoms with van der Waals surface area (Å²) in [5, 5.41) is 20.3. The van der Waals surface area contributed by atoms with Crippen LogP contribution in [0, 0.1) is 5.92 Å². The molecule has 0 amide bonds. The summed E-state index contributed by atoms with van der Waals surface area (Å²) in [6.45, 7) is 3.72. The first-order valence-corrected chi connectivity index (χ1v) is 7.61. The Labute approximate surface area is 125 Å². The van der Waals surface area contributed by atoms with Gasteiger partial charge in [-0.2, -0.15) is 0 Å². The lowest BCUT2D eigenvalue weighted by molar-refractivity contribution is 0.110. The van der Waals surface area contributed by atoms with Gasteiger partial charge in [0.05, 0.1) is 18.2 Å². The van der Waals surface area contributed by atoms with E-state index in [4.69, 9.17) is 4.98 Å². The number of pyridine rings is 1. The molecule has 0 radical (unpaired) electrons. The Morgan fingerprint density at radius 3 is 2.67 bits per heavy atom. The zero-order valence-corrected chi connectivity index (χ0v) is 12.4. The van der Waals surface area contributed by atoms with Gasteiger partial charge in [-0.05, 0) is 43.4 Å². The predicted octanol–water partition coefficient (Wildman–Crippen LogP) is 2.32. The van der Waals surface area contributed by atoms with E-state index in [1.165, 1.54) is 0 Å². The maximum absolute atomic E-state index is 9.69. The molecule has 1 atom stereocenters. The van der Waals surface area contributed by atoms with Crippen LogP contribution in [0.2, 0.25) is 0 Å². The number of fused-ring (bicyclic) bond motifs is 1. The van der Waals surface area contributed by atoms with Crippen molar-refractivity contribution in [2.45, 2.75) is 32.5 Å². The zero-order chi connectivity index (χ0) is 14.8. The molecule has 1 aromatic heterocycles. The van der Waals surface area contributed by atoms with Gasteiger partial charge in [0.25, 0.3) is 0 Å². The Bertz CT molecular complexity index is 619. The maximum atomic E-state index is 9.69. The molecule has 0 saturated carbocycles. The summed E-state index contributed by atoms with van der Waals surface area (Å²) in [6.07, 6.45) is 1.74. The molecule has 1 unspecified atom stereocenters. The second-order valence-electron chi connectivity index (χ2n) is 5.88. The summed E-state index contributed by atoms with van der Waals surface area (Å²) in [6, 6.07) is 9.92. The molecule has 3 rings (SSSR count). The summed E-state index contributed by atoms with van der Waals surface area (Å²) in [5.74, 6) is 1.32. The third-order valence-corrected chi connectivity index (χ3v) is 4.50. The van der Waals surface area contributed by atoms with Gasteiger partial charge in [-0.3, -0.25) is 0 Å². The highest BCUT2D eigenvalue weighted by Gasteiger charge is 2.23. The summed E-state index contributed by atoms with van der Waals surface area (Å²) < 4.78 is 0. The normalized spacial score (nSPS) is 18.1. The van der Waals surface area contributed by atoms with E-state index in [0.717, 1.165) is 48.2 Å². The van der Waals surface area contributed by atoms with E-state index >= 15 is 0 Å². The average molecular weight is 286 g/mol. The minimum atomic E-state index is -0.232. The van der Waals surface area contributed by atoms with Gasteiger partial charge in [-0.1, -0.05) is 18.2 Å². The van der Waals surface area contributed by atoms with Gasteiger partial charge in [0.15, 0.2) is 0 Å². The number of piperidine rings is 1. The average Bonchev–Trinajstić information content (AvgIpc) is 2.53. The molecule has 2 aromatic rings. The molecule has 112 valence electrons. The van der Waals surface area contributed by atoms with Gasteiger partial charge >= 0.3 is 0 Å². The molecule has 1 saturated heterocycles. The number of nitrogens with zero attached hydrogens (tertiary/aromatic N) is 2. The van der Waals surface area contributed by atoms with Crippen LogP contribution in [0.15, 0.2) is 30.3 Å². The van der Waals surface area contributed by atoms with Crippen molar-refractivity contribution in [3.63, 3.8) is 0 Å². The second-order valence-corrected chi connectivity index (χ2v) is 5.88. The van der Waals surface area contributed by atoms with Gasteiger partial charge in [0.1, 0.15) is 5.82 Å². The van der Waals surface area contributed by atoms with Gasteiger partial charge in [0.2, 0.25) is 0 Å². The number of aliphatic hydroxyl groups excluding tert-OH is 2. The highest BCUT2D eigenvalue weighted by Crippen LogP contribution is 2.27. The van der Waals surface area contributed by atoms with Crippen LogP contribution >= 0.6 is 0 Å². The van der Waals surface area contributed by atoms with E-state index in [9.17, 15) is 10.2 Å². The minimum absolute atomic E-state index is 0.0279. The van der Waals surface area contributed by atoms with Crippen molar-refractivity contribution in [2.75, 3.05) is 18.0 Å². The van der Waals surface area contributed by atoms with Crippen molar-refractivity contribution in [1.29, 1.82) is 0 Å². The zero-order valence-electron chi connectivity index (χ0n) is 12.4. The van der Waals surface area contributed by atoms with Crippen molar-refractivity contribution >= 4 is 16.7 Å². The molecular weight excluding hydrogens is 264 g/mol. The molecule has 1 aromatic carbocycles. The van der Waals surface area contributed by atoms with Crippen molar-refractivity contribution in [2.24, 2.45) is 5.92 Å². The summed E-state index contributed by atoms with van der Waals surface area (Å²) in [7, 11) is 0. The second kappa shape index (κ2) is 6.00. The number of hydrogen-bond donors (Lipinski definition) is 2. The molecule has 1 aliphatic rings. The first-order valence-electron chi connectivity index (χ1n) is 7.61. The smallest absolute Gasteiger partial charge is 0.129 e. The monoisotopic (exact) mass is 286 g/mol. The molecule has 0 bridgehead atoms. The maximum Gasteiger partial charge on any atom is 0.129 e. The van der Waals surface area contributed by atoms with Crippen LogP contribution in [0.5, 0.6) is 0 Å². The van der Waals surface area contributed by atoms with Crippen LogP contribution < -0.4 is 4.90 Å². The quantitative estimate of drug-likeness (QED) is 0.909. The van der Waals surface area contributed by atoms with E-state index in [0.29, 0.717) is 5.92 Å². The van der Waals surface area contributed by atoms with Crippen LogP contribution in [-0.2, 0) is 6.61 Å². The number of aliphatic hydroxyl groups is 2. The molecular formula is C17H22N2O2. The number of aromatic nitrogens is 1. The fourth-order valence-corrected chi connectivity index (χ4v) is 3.14. The third-order valence-electron chi connectivity index (χ3n) is 4.50. The van der Waals surface area contributed by atoms with Crippen LogP contribution in [0.25, 0.3) is 10.9 Å². The lowest BCUT2D eigenvalue weighted by Crippen LogP contribution is -2.37. The molecule has 4 heteroatoms. The number of rotatable bonds is 3. The molecule has 21 heavy (non-hydrogen) atoms. The fraction of sp³-hybridized carbons (Fsp3) is 0.471. The number of hydrogen-bond acceptors (Lipinski definition) is 4. The molecule has 1 fully saturated rings. The van der Waals surface area contributed by atoms with Gasteiger partial charge < -0.3 is 15.1 Å². The SMILES string of the molecule is CC(O)C1CCN(c2cc(CO)c3ccccc3n2)CC1. The van der Waals surface area contributed by atoms with Crippen LogP contribution in [0.1, 0.15) is 25.3 Å². The first-order chi connectivity index (χ1) is 10.2. The largest absolute Gasteiger partial charge is 0.393 e. The lowest BCUT2D eigenvalue weighted by atomic mass is 9.92. The van der Waals surface area contributed by atoms with Crippen LogP contribution in [0.4, 0.5) is 5.82 Å². The summed E-state index contributed by atoms with van der Waals surface area (Å²) in [4.78, 5) is 6.98. The standard InChI is InChI=1S/C17H22N2O2/c1-12(21)13-6-8-19(9-7-13)17-10-14(11-20)15-4-2-3-5-16(15)18-17/h2-5,10,12-13,20-21H,6-9,11H2,1H3. The van der Waals surface area contributed by atoms with E-state index in [2.05, 4.69) is 4.90 Å². The Morgan fingerprint density at radius 1 is 1.29 bits per heavy atom. The Hall–Kier alpha value is -1.65. The van der Waals surface area contributed by atoms with Crippen molar-refractivity contribution in [3.8, 4) is 0 Å². The topological polar surface area (TPSA) is 56.6 Å². The Morgan fingerprint density at radius 2 is 2.00 bits per heavy atom. The van der Waals surface area contributed by atoms with E-state index < -0.39 is 0 Å². The van der Waals surface area contributed by atoms with E-state index in [1.54, 1.807) is 0 Å². The molecule has 2 N–H and O–H groups in total. The Kier molecular flexibility index (Phi) is 4.08. The minimum Gasteiger partial charge on any atom is -0.393 e. The highest BCUT2D eigenvalue weighted by atomic mass is 16.3. The predicted molar refractivity (Wildman–Crippen MR) is 84.3 cm³/mol. The van der Waals surface area contributed by atoms with Gasteiger partial charge in [-0.15, -0.1) is 0 Å². The van der Waals surface area contributed by atoms with Crippen LogP contribution in [0.3, 0.4) is 0 Å². The lowest BCUT2D eigenvalue weighted by Gasteiger charge is -2.34. The number of anilines is 1. The van der Waals surface area contributed by atoms with E-state index in [-0.39, 0.29) is 12.7 Å². The van der Waals surface area contributed by atoms with Gasteiger partial charge in [0, 0.05) is 18.5 Å². The molecule has 0 spiro atoms. The van der Waals surface area contributed by atoms with Crippen molar-refractivity contribution in [3.05, 3.63) is 35.9 Å². The number of benzene rings is 1. The van der Waals surface area contributed by atoms with Crippen molar-refractivity contribution < 1.29 is 10.2 Å². The summed E-state index contributed by atoms with van der Waals surface area (Å²) >= 11 is 0. The molecule has 0 aliphatic carbocycles. The highest BCUT2D eigenvalue weighted by molar-refractivity contribution is 5.84. The fourth-order valence-electron chi connectivity index (χ4n) is 3.14. The molecule has 2 heterocycles. The third kappa shape index (κ3) is 2.87. The molecule has 1 aliphatic heterocycles. The van der Waals surface area contributed by atoms with Crippen LogP contribution in [-0.4, -0.2) is 34.4 Å². The van der Waals surface area contributed by atoms with Crippen molar-refractivity contribution in [1.82, 2.24) is 4.98 Å². The van der Waals surface area contributed by atoms with Gasteiger partial charge in [-0.25, -0.2) is 4.98 Å². The Balaban J connectivity index is 1.88. The molecule has 4 nitrogen and oxygen atoms in total. The first kappa shape index (κ1) is 14.3. The van der Waals surface area contributed by atoms with E-state index in [1.807, 2.05) is 37.3 Å². The number of para-hydroxylation sites is 1.